The molecule has 0 radical (unpaired) electrons. The number of hydrogen-bond donors (Lipinski definition) is 3. The Hall–Kier alpha value is -3.13. The van der Waals surface area contributed by atoms with Crippen LogP contribution in [0, 0.1) is 5.82 Å². The normalized spacial score (nSPS) is 20.1. The van der Waals surface area contributed by atoms with Crippen molar-refractivity contribution in [1.29, 1.82) is 0 Å². The van der Waals surface area contributed by atoms with Crippen LogP contribution in [0.1, 0.15) is 44.0 Å². The Morgan fingerprint density at radius 2 is 1.97 bits per heavy atom. The molecular weight excluding hydrogens is 465 g/mol. The third-order valence-corrected chi connectivity index (χ3v) is 7.48. The van der Waals surface area contributed by atoms with Crippen LogP contribution in [0.4, 0.5) is 16.0 Å². The van der Waals surface area contributed by atoms with E-state index in [2.05, 4.69) is 15.3 Å². The van der Waals surface area contributed by atoms with Crippen LogP contribution in [-0.4, -0.2) is 41.0 Å². The number of sulfonamides is 1. The van der Waals surface area contributed by atoms with E-state index in [-0.39, 0.29) is 17.5 Å². The third-order valence-electron chi connectivity index (χ3n) is 6.53. The number of hydrazine groups is 1. The lowest BCUT2D eigenvalue weighted by atomic mass is 9.79. The molecule has 1 aromatic carbocycles. The second-order valence-corrected chi connectivity index (χ2v) is 10.1. The van der Waals surface area contributed by atoms with Gasteiger partial charge in [0.15, 0.2) is 6.23 Å². The number of primary sulfonamides is 1. The first-order valence-corrected chi connectivity index (χ1v) is 12.3. The number of ether oxygens (including phenoxy) is 1. The Labute approximate surface area is 194 Å². The molecule has 1 amide bonds. The fourth-order valence-corrected chi connectivity index (χ4v) is 5.62. The SMILES string of the molecule is COC1c2cc3cnc(Nc4ccc(S(N)(=O)=O)c(F)c4)nc3n2C2(CCCCC2)C(=O)N1N. The van der Waals surface area contributed by atoms with Gasteiger partial charge < -0.3 is 14.6 Å². The maximum Gasteiger partial charge on any atom is 0.265 e. The number of nitrogens with two attached hydrogens (primary N) is 2. The van der Waals surface area contributed by atoms with Gasteiger partial charge in [-0.25, -0.2) is 33.8 Å². The van der Waals surface area contributed by atoms with Gasteiger partial charge in [0.2, 0.25) is 16.0 Å². The molecule has 1 spiro atoms. The summed E-state index contributed by atoms with van der Waals surface area (Å²) < 4.78 is 44.6. The number of fused-ring (bicyclic) bond motifs is 4. The van der Waals surface area contributed by atoms with Gasteiger partial charge in [-0.1, -0.05) is 19.3 Å². The Morgan fingerprint density at radius 3 is 2.62 bits per heavy atom. The number of methoxy groups -OCH3 is 1. The van der Waals surface area contributed by atoms with E-state index in [0.29, 0.717) is 29.6 Å². The van der Waals surface area contributed by atoms with Crippen LogP contribution >= 0.6 is 0 Å². The summed E-state index contributed by atoms with van der Waals surface area (Å²) in [6.07, 6.45) is 4.86. The molecule has 1 atom stereocenters. The maximum absolute atomic E-state index is 14.3. The van der Waals surface area contributed by atoms with Crippen molar-refractivity contribution in [1.82, 2.24) is 19.5 Å². The summed E-state index contributed by atoms with van der Waals surface area (Å²) in [7, 11) is -2.70. The van der Waals surface area contributed by atoms with Crippen LogP contribution in [0.5, 0.6) is 0 Å². The lowest BCUT2D eigenvalue weighted by Crippen LogP contribution is -2.60. The summed E-state index contributed by atoms with van der Waals surface area (Å²) in [5.74, 6) is 5.11. The Kier molecular flexibility index (Phi) is 5.31. The van der Waals surface area contributed by atoms with E-state index in [1.54, 1.807) is 6.20 Å². The van der Waals surface area contributed by atoms with E-state index in [4.69, 9.17) is 15.7 Å². The monoisotopic (exact) mass is 489 g/mol. The summed E-state index contributed by atoms with van der Waals surface area (Å²) >= 11 is 0. The van der Waals surface area contributed by atoms with Crippen molar-refractivity contribution < 1.29 is 22.3 Å². The average Bonchev–Trinajstić information content (AvgIpc) is 3.17. The zero-order valence-corrected chi connectivity index (χ0v) is 19.2. The summed E-state index contributed by atoms with van der Waals surface area (Å²) in [6.45, 7) is 0. The minimum Gasteiger partial charge on any atom is -0.354 e. The Bertz CT molecular complexity index is 1400. The number of nitrogens with one attached hydrogen (secondary N) is 1. The predicted molar refractivity (Wildman–Crippen MR) is 120 cm³/mol. The molecule has 34 heavy (non-hydrogen) atoms. The number of halogens is 1. The molecule has 2 aliphatic rings. The van der Waals surface area contributed by atoms with Gasteiger partial charge in [-0.2, -0.15) is 4.98 Å². The maximum atomic E-state index is 14.3. The molecule has 3 heterocycles. The number of carbonyl (C=O) groups excluding carboxylic acids is 1. The van der Waals surface area contributed by atoms with Gasteiger partial charge in [-0.3, -0.25) is 4.79 Å². The second-order valence-electron chi connectivity index (χ2n) is 8.59. The number of anilines is 2. The highest BCUT2D eigenvalue weighted by Crippen LogP contribution is 2.46. The van der Waals surface area contributed by atoms with Gasteiger partial charge in [-0.15, -0.1) is 0 Å². The summed E-state index contributed by atoms with van der Waals surface area (Å²) in [5, 5.41) is 9.76. The molecule has 5 N–H and O–H groups in total. The molecule has 2 aromatic heterocycles. The van der Waals surface area contributed by atoms with Crippen molar-refractivity contribution in [2.45, 2.75) is 48.8 Å². The van der Waals surface area contributed by atoms with Crippen molar-refractivity contribution in [3.05, 3.63) is 42.0 Å². The molecule has 180 valence electrons. The van der Waals surface area contributed by atoms with E-state index < -0.39 is 32.5 Å². The van der Waals surface area contributed by atoms with Crippen LogP contribution in [0.2, 0.25) is 0 Å². The zero-order chi connectivity index (χ0) is 24.3. The van der Waals surface area contributed by atoms with Crippen LogP contribution < -0.4 is 16.3 Å². The molecule has 1 saturated carbocycles. The van der Waals surface area contributed by atoms with Gasteiger partial charge in [-0.05, 0) is 37.1 Å². The van der Waals surface area contributed by atoms with Gasteiger partial charge in [0.1, 0.15) is 21.9 Å². The smallest absolute Gasteiger partial charge is 0.265 e. The lowest BCUT2D eigenvalue weighted by Gasteiger charge is -2.46. The number of aromatic nitrogens is 3. The van der Waals surface area contributed by atoms with Crippen molar-refractivity contribution in [3.8, 4) is 0 Å². The van der Waals surface area contributed by atoms with E-state index in [1.807, 2.05) is 10.6 Å². The highest BCUT2D eigenvalue weighted by Gasteiger charge is 2.51. The highest BCUT2D eigenvalue weighted by atomic mass is 32.2. The van der Waals surface area contributed by atoms with Gasteiger partial charge in [0.05, 0.1) is 5.69 Å². The van der Waals surface area contributed by atoms with Crippen molar-refractivity contribution >= 4 is 38.6 Å². The largest absolute Gasteiger partial charge is 0.354 e. The molecule has 11 nitrogen and oxygen atoms in total. The standard InChI is InChI=1S/C21H24FN7O4S/c1-33-18-15-9-12-11-25-20(26-13-5-6-16(14(22)10-13)34(24,31)32)27-17(12)28(15)21(19(30)29(18)23)7-3-2-4-8-21/h5-6,9-11,18H,2-4,7-8,23H2,1H3,(H2,24,31,32)(H,25,26,27). The number of carbonyl (C=O) groups is 1. The van der Waals surface area contributed by atoms with Crippen molar-refractivity contribution in [3.63, 3.8) is 0 Å². The summed E-state index contributed by atoms with van der Waals surface area (Å²) in [6, 6.07) is 5.29. The van der Waals surface area contributed by atoms with E-state index in [1.165, 1.54) is 13.2 Å². The summed E-state index contributed by atoms with van der Waals surface area (Å²) in [5.41, 5.74) is 0.602. The molecule has 0 saturated heterocycles. The minimum atomic E-state index is -4.18. The molecule has 0 bridgehead atoms. The zero-order valence-electron chi connectivity index (χ0n) is 18.4. The fraction of sp³-hybridized carbons (Fsp3) is 0.381. The first-order valence-electron chi connectivity index (χ1n) is 10.7. The predicted octanol–water partition coefficient (Wildman–Crippen LogP) is 1.98. The van der Waals surface area contributed by atoms with Crippen molar-refractivity contribution in [2.75, 3.05) is 12.4 Å². The van der Waals surface area contributed by atoms with Crippen LogP contribution in [0.15, 0.2) is 35.4 Å². The Morgan fingerprint density at radius 1 is 1.24 bits per heavy atom. The highest BCUT2D eigenvalue weighted by molar-refractivity contribution is 7.89. The molecule has 5 rings (SSSR count). The first kappa shape index (κ1) is 22.7. The molecule has 1 unspecified atom stereocenters. The molecule has 13 heteroatoms. The molecule has 1 fully saturated rings. The van der Waals surface area contributed by atoms with Gasteiger partial charge in [0, 0.05) is 24.4 Å². The van der Waals surface area contributed by atoms with Gasteiger partial charge >= 0.3 is 0 Å². The van der Waals surface area contributed by atoms with Gasteiger partial charge in [0.25, 0.3) is 5.91 Å². The van der Waals surface area contributed by atoms with E-state index >= 15 is 0 Å². The minimum absolute atomic E-state index is 0.152. The Balaban J connectivity index is 1.61. The molecule has 3 aromatic rings. The molecular formula is C21H24FN7O4S. The molecule has 1 aliphatic heterocycles. The number of hydrogen-bond acceptors (Lipinski definition) is 8. The quantitative estimate of drug-likeness (QED) is 0.371. The first-order chi connectivity index (χ1) is 16.2. The van der Waals surface area contributed by atoms with E-state index in [9.17, 15) is 17.6 Å². The topological polar surface area (TPSA) is 158 Å². The van der Waals surface area contributed by atoms with E-state index in [0.717, 1.165) is 36.4 Å². The fourth-order valence-electron chi connectivity index (χ4n) is 5.03. The van der Waals surface area contributed by atoms with Crippen molar-refractivity contribution in [2.24, 2.45) is 11.0 Å². The third kappa shape index (κ3) is 3.43. The average molecular weight is 490 g/mol. The number of benzene rings is 1. The second kappa shape index (κ2) is 7.98. The van der Waals surface area contributed by atoms with Crippen LogP contribution in [0.25, 0.3) is 11.0 Å². The number of amides is 1. The number of rotatable bonds is 4. The van der Waals surface area contributed by atoms with Crippen LogP contribution in [0.3, 0.4) is 0 Å². The van der Waals surface area contributed by atoms with Crippen LogP contribution in [-0.2, 0) is 25.1 Å². The lowest BCUT2D eigenvalue weighted by molar-refractivity contribution is -0.164. The summed E-state index contributed by atoms with van der Waals surface area (Å²) in [4.78, 5) is 21.8. The molecule has 1 aliphatic carbocycles. The number of nitrogens with zero attached hydrogens (tertiary/aromatic N) is 4.